The lowest BCUT2D eigenvalue weighted by atomic mass is 10.1. The smallest absolute Gasteiger partial charge is 0.363 e. The number of methoxy groups -OCH3 is 2. The van der Waals surface area contributed by atoms with Gasteiger partial charge in [-0.3, -0.25) is 0 Å². The fourth-order valence-electron chi connectivity index (χ4n) is 2.27. The van der Waals surface area contributed by atoms with E-state index < -0.39 is 5.97 Å². The molecule has 0 saturated carbocycles. The van der Waals surface area contributed by atoms with Crippen LogP contribution >= 0.6 is 23.2 Å². The molecule has 0 fully saturated rings. The predicted octanol–water partition coefficient (Wildman–Crippen LogP) is 4.36. The van der Waals surface area contributed by atoms with Crippen LogP contribution in [-0.2, 0) is 9.53 Å². The van der Waals surface area contributed by atoms with E-state index in [1.165, 1.54) is 7.11 Å². The summed E-state index contributed by atoms with van der Waals surface area (Å²) in [6, 6.07) is 10.1. The van der Waals surface area contributed by atoms with E-state index in [4.69, 9.17) is 37.4 Å². The summed E-state index contributed by atoms with van der Waals surface area (Å²) < 4.78 is 15.7. The molecule has 0 spiro atoms. The van der Waals surface area contributed by atoms with Crippen molar-refractivity contribution >= 4 is 41.1 Å². The number of ether oxygens (including phenoxy) is 3. The standard InChI is InChI=1S/C18H13Cl2NO4/c1-23-12-5-3-10(16(9-12)24-2)7-15-18(22)25-17(21-15)13-6-4-11(19)8-14(13)20/h3-9H,1-2H3/b15-7+. The summed E-state index contributed by atoms with van der Waals surface area (Å²) in [7, 11) is 3.10. The molecule has 25 heavy (non-hydrogen) atoms. The second-order valence-corrected chi connectivity index (χ2v) is 5.91. The molecular weight excluding hydrogens is 365 g/mol. The van der Waals surface area contributed by atoms with Gasteiger partial charge in [-0.05, 0) is 36.4 Å². The number of hydrogen-bond donors (Lipinski definition) is 0. The second-order valence-electron chi connectivity index (χ2n) is 5.07. The highest BCUT2D eigenvalue weighted by atomic mass is 35.5. The van der Waals surface area contributed by atoms with Crippen molar-refractivity contribution < 1.29 is 19.0 Å². The van der Waals surface area contributed by atoms with Gasteiger partial charge in [0.15, 0.2) is 5.70 Å². The number of carbonyl (C=O) groups is 1. The first-order chi connectivity index (χ1) is 12.0. The van der Waals surface area contributed by atoms with Crippen LogP contribution in [0.3, 0.4) is 0 Å². The molecular formula is C18H13Cl2NO4. The maximum Gasteiger partial charge on any atom is 0.363 e. The minimum absolute atomic E-state index is 0.130. The van der Waals surface area contributed by atoms with Gasteiger partial charge in [0, 0.05) is 16.7 Å². The first-order valence-electron chi connectivity index (χ1n) is 7.22. The van der Waals surface area contributed by atoms with Crippen LogP contribution < -0.4 is 9.47 Å². The van der Waals surface area contributed by atoms with E-state index in [0.717, 1.165) is 0 Å². The van der Waals surface area contributed by atoms with Gasteiger partial charge in [0.2, 0.25) is 5.90 Å². The van der Waals surface area contributed by atoms with Crippen molar-refractivity contribution in [3.05, 3.63) is 63.3 Å². The maximum absolute atomic E-state index is 12.1. The molecule has 0 radical (unpaired) electrons. The lowest BCUT2D eigenvalue weighted by Crippen LogP contribution is -2.05. The van der Waals surface area contributed by atoms with E-state index in [0.29, 0.717) is 32.7 Å². The second kappa shape index (κ2) is 7.17. The van der Waals surface area contributed by atoms with E-state index in [1.807, 2.05) is 0 Å². The summed E-state index contributed by atoms with van der Waals surface area (Å²) in [6.45, 7) is 0. The van der Waals surface area contributed by atoms with Crippen LogP contribution in [0.1, 0.15) is 11.1 Å². The van der Waals surface area contributed by atoms with Crippen molar-refractivity contribution in [1.29, 1.82) is 0 Å². The van der Waals surface area contributed by atoms with Gasteiger partial charge in [-0.15, -0.1) is 0 Å². The molecule has 0 aromatic heterocycles. The van der Waals surface area contributed by atoms with Gasteiger partial charge < -0.3 is 14.2 Å². The Balaban J connectivity index is 1.99. The van der Waals surface area contributed by atoms with E-state index in [-0.39, 0.29) is 11.6 Å². The van der Waals surface area contributed by atoms with Crippen LogP contribution in [0, 0.1) is 0 Å². The third kappa shape index (κ3) is 3.62. The van der Waals surface area contributed by atoms with Crippen molar-refractivity contribution in [2.24, 2.45) is 4.99 Å². The van der Waals surface area contributed by atoms with Crippen LogP contribution in [0.5, 0.6) is 11.5 Å². The summed E-state index contributed by atoms with van der Waals surface area (Å²) in [5, 5.41) is 0.833. The molecule has 0 amide bonds. The molecule has 0 bridgehead atoms. The molecule has 7 heteroatoms. The first kappa shape index (κ1) is 17.3. The molecule has 0 unspecified atom stereocenters. The summed E-state index contributed by atoms with van der Waals surface area (Å²) in [6.07, 6.45) is 1.58. The number of carbonyl (C=O) groups excluding carboxylic acids is 1. The van der Waals surface area contributed by atoms with Crippen molar-refractivity contribution in [2.45, 2.75) is 0 Å². The molecule has 128 valence electrons. The SMILES string of the molecule is COc1ccc(/C=C2/N=C(c3ccc(Cl)cc3Cl)OC2=O)c(OC)c1. The summed E-state index contributed by atoms with van der Waals surface area (Å²) >= 11 is 12.0. The van der Waals surface area contributed by atoms with E-state index in [2.05, 4.69) is 4.99 Å². The zero-order valence-electron chi connectivity index (χ0n) is 13.4. The highest BCUT2D eigenvalue weighted by molar-refractivity contribution is 6.37. The number of esters is 1. The summed E-state index contributed by atoms with van der Waals surface area (Å²) in [5.74, 6) is 0.752. The van der Waals surface area contributed by atoms with Crippen LogP contribution in [0.25, 0.3) is 6.08 Å². The van der Waals surface area contributed by atoms with Crippen molar-refractivity contribution in [3.63, 3.8) is 0 Å². The fraction of sp³-hybridized carbons (Fsp3) is 0.111. The zero-order valence-corrected chi connectivity index (χ0v) is 14.9. The predicted molar refractivity (Wildman–Crippen MR) is 96.6 cm³/mol. The van der Waals surface area contributed by atoms with Gasteiger partial charge in [0.25, 0.3) is 0 Å². The van der Waals surface area contributed by atoms with Crippen LogP contribution in [0.2, 0.25) is 10.0 Å². The Morgan fingerprint density at radius 3 is 2.56 bits per heavy atom. The molecule has 0 N–H and O–H groups in total. The summed E-state index contributed by atoms with van der Waals surface area (Å²) in [4.78, 5) is 16.4. The molecule has 1 aliphatic rings. The normalized spacial score (nSPS) is 15.1. The highest BCUT2D eigenvalue weighted by Crippen LogP contribution is 2.29. The molecule has 1 heterocycles. The minimum Gasteiger partial charge on any atom is -0.497 e. The van der Waals surface area contributed by atoms with E-state index in [9.17, 15) is 4.79 Å². The molecule has 5 nitrogen and oxygen atoms in total. The molecule has 3 rings (SSSR count). The number of aliphatic imine (C=N–C) groups is 1. The average Bonchev–Trinajstić information content (AvgIpc) is 2.95. The molecule has 2 aromatic carbocycles. The third-order valence-electron chi connectivity index (χ3n) is 3.51. The molecule has 2 aromatic rings. The van der Waals surface area contributed by atoms with Crippen LogP contribution in [0.15, 0.2) is 47.1 Å². The number of hydrogen-bond acceptors (Lipinski definition) is 5. The van der Waals surface area contributed by atoms with Gasteiger partial charge in [-0.1, -0.05) is 23.2 Å². The van der Waals surface area contributed by atoms with Gasteiger partial charge >= 0.3 is 5.97 Å². The van der Waals surface area contributed by atoms with Crippen molar-refractivity contribution in [1.82, 2.24) is 0 Å². The number of halogens is 2. The van der Waals surface area contributed by atoms with Crippen molar-refractivity contribution in [3.8, 4) is 11.5 Å². The Labute approximate surface area is 154 Å². The number of cyclic esters (lactones) is 1. The van der Waals surface area contributed by atoms with Crippen molar-refractivity contribution in [2.75, 3.05) is 14.2 Å². The molecule has 0 atom stereocenters. The number of nitrogens with zero attached hydrogens (tertiary/aromatic N) is 1. The van der Waals surface area contributed by atoms with Gasteiger partial charge in [-0.25, -0.2) is 9.79 Å². The molecule has 1 aliphatic heterocycles. The Bertz CT molecular complexity index is 906. The molecule has 0 aliphatic carbocycles. The van der Waals surface area contributed by atoms with Crippen LogP contribution in [0.4, 0.5) is 0 Å². The zero-order chi connectivity index (χ0) is 18.0. The Morgan fingerprint density at radius 2 is 1.88 bits per heavy atom. The fourth-order valence-corrected chi connectivity index (χ4v) is 2.76. The van der Waals surface area contributed by atoms with Gasteiger partial charge in [0.1, 0.15) is 11.5 Å². The highest BCUT2D eigenvalue weighted by Gasteiger charge is 2.26. The lowest BCUT2D eigenvalue weighted by molar-refractivity contribution is -0.129. The third-order valence-corrected chi connectivity index (χ3v) is 4.06. The first-order valence-corrected chi connectivity index (χ1v) is 7.97. The van der Waals surface area contributed by atoms with E-state index >= 15 is 0 Å². The lowest BCUT2D eigenvalue weighted by Gasteiger charge is -2.07. The largest absolute Gasteiger partial charge is 0.497 e. The Kier molecular flexibility index (Phi) is 4.97. The quantitative estimate of drug-likeness (QED) is 0.586. The summed E-state index contributed by atoms with van der Waals surface area (Å²) in [5.41, 5.74) is 1.30. The monoisotopic (exact) mass is 377 g/mol. The molecule has 0 saturated heterocycles. The van der Waals surface area contributed by atoms with Gasteiger partial charge in [-0.2, -0.15) is 0 Å². The van der Waals surface area contributed by atoms with Crippen LogP contribution in [-0.4, -0.2) is 26.1 Å². The maximum atomic E-state index is 12.1. The number of benzene rings is 2. The Morgan fingerprint density at radius 1 is 1.08 bits per heavy atom. The van der Waals surface area contributed by atoms with E-state index in [1.54, 1.807) is 49.6 Å². The van der Waals surface area contributed by atoms with Gasteiger partial charge in [0.05, 0.1) is 24.8 Å². The number of rotatable bonds is 4. The average molecular weight is 378 g/mol. The topological polar surface area (TPSA) is 57.1 Å². The Hall–Kier alpha value is -2.50. The minimum atomic E-state index is -0.570.